The SMILES string of the molecule is CC(C)N=C(N)c1ccc2c(c1)nc(-c1ccc3c(c1)C(C)(C)CCC3(C)C)n2Cc1cccc2ccccc12. The fraction of sp³-hybridized carbons (Fsp3) is 0.333. The fourth-order valence-corrected chi connectivity index (χ4v) is 6.35. The molecule has 204 valence electrons. The van der Waals surface area contributed by atoms with E-state index in [0.717, 1.165) is 34.5 Å². The lowest BCUT2D eigenvalue weighted by Gasteiger charge is -2.42. The van der Waals surface area contributed by atoms with Gasteiger partial charge in [0.15, 0.2) is 0 Å². The van der Waals surface area contributed by atoms with Crippen molar-refractivity contribution in [3.8, 4) is 11.4 Å². The van der Waals surface area contributed by atoms with Gasteiger partial charge in [0.25, 0.3) is 0 Å². The van der Waals surface area contributed by atoms with Gasteiger partial charge in [-0.1, -0.05) is 82.3 Å². The van der Waals surface area contributed by atoms with Crippen LogP contribution in [-0.4, -0.2) is 21.4 Å². The van der Waals surface area contributed by atoms with E-state index in [9.17, 15) is 0 Å². The van der Waals surface area contributed by atoms with Crippen molar-refractivity contribution >= 4 is 27.6 Å². The lowest BCUT2D eigenvalue weighted by Crippen LogP contribution is -2.33. The molecule has 1 aromatic heterocycles. The molecule has 0 radical (unpaired) electrons. The number of hydrogen-bond donors (Lipinski definition) is 1. The quantitative estimate of drug-likeness (QED) is 0.184. The van der Waals surface area contributed by atoms with Crippen molar-refractivity contribution in [1.29, 1.82) is 0 Å². The molecule has 1 heterocycles. The largest absolute Gasteiger partial charge is 0.383 e. The lowest BCUT2D eigenvalue weighted by atomic mass is 9.63. The summed E-state index contributed by atoms with van der Waals surface area (Å²) in [6, 6.07) is 28.7. The minimum atomic E-state index is 0.127. The molecule has 0 aliphatic heterocycles. The Bertz CT molecular complexity index is 1760. The Balaban J connectivity index is 1.56. The van der Waals surface area contributed by atoms with Crippen molar-refractivity contribution in [2.75, 3.05) is 0 Å². The Hall–Kier alpha value is -3.92. The first-order valence-corrected chi connectivity index (χ1v) is 14.5. The number of imidazole rings is 1. The molecule has 5 aromatic rings. The van der Waals surface area contributed by atoms with Gasteiger partial charge in [-0.3, -0.25) is 4.99 Å². The van der Waals surface area contributed by atoms with Crippen LogP contribution in [0.2, 0.25) is 0 Å². The summed E-state index contributed by atoms with van der Waals surface area (Å²) in [5.41, 5.74) is 15.0. The molecule has 1 aliphatic rings. The summed E-state index contributed by atoms with van der Waals surface area (Å²) in [4.78, 5) is 9.85. The van der Waals surface area contributed by atoms with Gasteiger partial charge in [0, 0.05) is 17.2 Å². The van der Waals surface area contributed by atoms with Crippen LogP contribution in [0.1, 0.15) is 76.6 Å². The Labute approximate surface area is 238 Å². The number of nitrogens with two attached hydrogens (primary N) is 1. The maximum atomic E-state index is 6.38. The van der Waals surface area contributed by atoms with E-state index in [1.54, 1.807) is 0 Å². The van der Waals surface area contributed by atoms with E-state index in [1.165, 1.54) is 40.3 Å². The zero-order valence-electron chi connectivity index (χ0n) is 24.6. The summed E-state index contributed by atoms with van der Waals surface area (Å²) in [6.45, 7) is 14.3. The van der Waals surface area contributed by atoms with E-state index in [4.69, 9.17) is 10.7 Å². The van der Waals surface area contributed by atoms with Gasteiger partial charge >= 0.3 is 0 Å². The van der Waals surface area contributed by atoms with Crippen LogP contribution in [0.15, 0.2) is 83.9 Å². The number of hydrogen-bond acceptors (Lipinski definition) is 2. The van der Waals surface area contributed by atoms with E-state index < -0.39 is 0 Å². The van der Waals surface area contributed by atoms with Crippen molar-refractivity contribution in [2.24, 2.45) is 10.7 Å². The zero-order valence-corrected chi connectivity index (χ0v) is 24.6. The third-order valence-electron chi connectivity index (χ3n) is 8.76. The molecular formula is C36H40N4. The molecule has 0 saturated carbocycles. The Morgan fingerprint density at radius 1 is 0.875 bits per heavy atom. The Kier molecular flexibility index (Phi) is 6.33. The highest BCUT2D eigenvalue weighted by Gasteiger charge is 2.37. The zero-order chi connectivity index (χ0) is 28.2. The highest BCUT2D eigenvalue weighted by molar-refractivity contribution is 6.00. The number of aliphatic imine (C=N–C) groups is 1. The molecule has 0 spiro atoms. The van der Waals surface area contributed by atoms with Gasteiger partial charge in [-0.15, -0.1) is 0 Å². The van der Waals surface area contributed by atoms with Gasteiger partial charge in [0.05, 0.1) is 17.6 Å². The van der Waals surface area contributed by atoms with Crippen LogP contribution >= 0.6 is 0 Å². The summed E-state index contributed by atoms with van der Waals surface area (Å²) in [7, 11) is 0. The van der Waals surface area contributed by atoms with Crippen molar-refractivity contribution in [3.05, 3.63) is 101 Å². The summed E-state index contributed by atoms with van der Waals surface area (Å²) >= 11 is 0. The third-order valence-corrected chi connectivity index (χ3v) is 8.76. The molecule has 2 N–H and O–H groups in total. The average Bonchev–Trinajstić information content (AvgIpc) is 3.28. The molecule has 0 bridgehead atoms. The lowest BCUT2D eigenvalue weighted by molar-refractivity contribution is 0.332. The summed E-state index contributed by atoms with van der Waals surface area (Å²) < 4.78 is 2.37. The Morgan fingerprint density at radius 2 is 1.60 bits per heavy atom. The predicted molar refractivity (Wildman–Crippen MR) is 169 cm³/mol. The van der Waals surface area contributed by atoms with Gasteiger partial charge in [-0.2, -0.15) is 0 Å². The normalized spacial score (nSPS) is 16.5. The fourth-order valence-electron chi connectivity index (χ4n) is 6.35. The minimum absolute atomic E-state index is 0.127. The monoisotopic (exact) mass is 528 g/mol. The second kappa shape index (κ2) is 9.62. The van der Waals surface area contributed by atoms with Crippen LogP contribution in [0.3, 0.4) is 0 Å². The number of amidine groups is 1. The summed E-state index contributed by atoms with van der Waals surface area (Å²) in [6.07, 6.45) is 2.38. The first kappa shape index (κ1) is 26.3. The van der Waals surface area contributed by atoms with Crippen LogP contribution in [0.4, 0.5) is 0 Å². The van der Waals surface area contributed by atoms with E-state index in [1.807, 2.05) is 13.8 Å². The number of rotatable bonds is 5. The van der Waals surface area contributed by atoms with Crippen LogP contribution in [0.25, 0.3) is 33.2 Å². The molecule has 0 amide bonds. The highest BCUT2D eigenvalue weighted by Crippen LogP contribution is 2.47. The van der Waals surface area contributed by atoms with E-state index in [-0.39, 0.29) is 16.9 Å². The van der Waals surface area contributed by atoms with E-state index in [2.05, 4.69) is 116 Å². The maximum absolute atomic E-state index is 6.38. The molecule has 4 nitrogen and oxygen atoms in total. The molecule has 4 heteroatoms. The first-order valence-electron chi connectivity index (χ1n) is 14.5. The number of benzene rings is 4. The molecular weight excluding hydrogens is 488 g/mol. The van der Waals surface area contributed by atoms with Crippen LogP contribution in [0, 0.1) is 0 Å². The number of aromatic nitrogens is 2. The summed E-state index contributed by atoms with van der Waals surface area (Å²) in [5, 5.41) is 2.53. The molecule has 0 unspecified atom stereocenters. The third kappa shape index (κ3) is 4.60. The van der Waals surface area contributed by atoms with Crippen LogP contribution in [0.5, 0.6) is 0 Å². The van der Waals surface area contributed by atoms with Crippen LogP contribution in [-0.2, 0) is 17.4 Å². The van der Waals surface area contributed by atoms with Gasteiger partial charge < -0.3 is 10.3 Å². The average molecular weight is 529 g/mol. The molecule has 1 aliphatic carbocycles. The number of nitrogens with zero attached hydrogens (tertiary/aromatic N) is 3. The topological polar surface area (TPSA) is 56.2 Å². The summed E-state index contributed by atoms with van der Waals surface area (Å²) in [5.74, 6) is 1.54. The van der Waals surface area contributed by atoms with Gasteiger partial charge in [-0.25, -0.2) is 4.98 Å². The van der Waals surface area contributed by atoms with E-state index >= 15 is 0 Å². The number of fused-ring (bicyclic) bond motifs is 3. The molecule has 0 atom stereocenters. The maximum Gasteiger partial charge on any atom is 0.141 e. The van der Waals surface area contributed by atoms with Crippen molar-refractivity contribution in [1.82, 2.24) is 9.55 Å². The molecule has 4 aromatic carbocycles. The van der Waals surface area contributed by atoms with Crippen molar-refractivity contribution < 1.29 is 0 Å². The second-order valence-electron chi connectivity index (χ2n) is 13.0. The van der Waals surface area contributed by atoms with Crippen molar-refractivity contribution in [2.45, 2.75) is 77.8 Å². The smallest absolute Gasteiger partial charge is 0.141 e. The van der Waals surface area contributed by atoms with Crippen molar-refractivity contribution in [3.63, 3.8) is 0 Å². The molecule has 40 heavy (non-hydrogen) atoms. The molecule has 0 saturated heterocycles. The second-order valence-corrected chi connectivity index (χ2v) is 13.0. The first-order chi connectivity index (χ1) is 19.0. The minimum Gasteiger partial charge on any atom is -0.383 e. The Morgan fingerprint density at radius 3 is 2.38 bits per heavy atom. The van der Waals surface area contributed by atoms with Gasteiger partial charge in [-0.05, 0) is 89.2 Å². The highest BCUT2D eigenvalue weighted by atomic mass is 15.1. The van der Waals surface area contributed by atoms with Crippen LogP contribution < -0.4 is 5.73 Å². The molecule has 0 fully saturated rings. The standard InChI is InChI=1S/C36H40N4/c1-23(2)38-33(37)25-15-17-32-31(21-25)39-34(40(32)22-27-12-9-11-24-10-7-8-13-28(24)27)26-14-16-29-30(20-26)36(5,6)19-18-35(29,3)4/h7-17,20-21,23H,18-19,22H2,1-6H3,(H2,37,38). The molecule has 6 rings (SSSR count). The predicted octanol–water partition coefficient (Wildman–Crippen LogP) is 8.37. The van der Waals surface area contributed by atoms with Gasteiger partial charge in [0.2, 0.25) is 0 Å². The van der Waals surface area contributed by atoms with Gasteiger partial charge in [0.1, 0.15) is 11.7 Å². The van der Waals surface area contributed by atoms with E-state index in [0.29, 0.717) is 5.84 Å².